The summed E-state index contributed by atoms with van der Waals surface area (Å²) in [6.45, 7) is 2.26. The number of amides is 1. The number of benzene rings is 2. The van der Waals surface area contributed by atoms with Crippen molar-refractivity contribution < 1.29 is 13.9 Å². The van der Waals surface area contributed by atoms with E-state index in [4.69, 9.17) is 9.15 Å². The minimum absolute atomic E-state index is 0.0474. The molecule has 0 saturated carbocycles. The van der Waals surface area contributed by atoms with Crippen LogP contribution >= 0.6 is 0 Å². The first-order chi connectivity index (χ1) is 11.1. The summed E-state index contributed by atoms with van der Waals surface area (Å²) in [7, 11) is 0. The summed E-state index contributed by atoms with van der Waals surface area (Å²) < 4.78 is 10.4. The molecule has 6 heteroatoms. The summed E-state index contributed by atoms with van der Waals surface area (Å²) in [6.07, 6.45) is 0. The summed E-state index contributed by atoms with van der Waals surface area (Å²) >= 11 is 0. The van der Waals surface area contributed by atoms with Crippen molar-refractivity contribution >= 4 is 17.0 Å². The zero-order valence-electron chi connectivity index (χ0n) is 12.6. The molecule has 1 aromatic heterocycles. The van der Waals surface area contributed by atoms with E-state index in [0.29, 0.717) is 23.4 Å². The van der Waals surface area contributed by atoms with Crippen LogP contribution in [0.1, 0.15) is 11.1 Å². The van der Waals surface area contributed by atoms with Gasteiger partial charge in [-0.05, 0) is 42.3 Å². The van der Waals surface area contributed by atoms with Crippen LogP contribution in [-0.4, -0.2) is 17.5 Å². The van der Waals surface area contributed by atoms with Crippen LogP contribution in [0.25, 0.3) is 11.1 Å². The Morgan fingerprint density at radius 3 is 2.96 bits per heavy atom. The molecule has 0 aliphatic heterocycles. The molecule has 118 valence electrons. The lowest BCUT2D eigenvalue weighted by Gasteiger charge is -2.08. The minimum Gasteiger partial charge on any atom is -0.484 e. The number of aromatic amines is 1. The van der Waals surface area contributed by atoms with Gasteiger partial charge in [-0.1, -0.05) is 18.2 Å². The number of oxazole rings is 1. The first-order valence-corrected chi connectivity index (χ1v) is 7.18. The number of H-pyrrole nitrogens is 1. The largest absolute Gasteiger partial charge is 0.484 e. The highest BCUT2D eigenvalue weighted by molar-refractivity contribution is 5.78. The number of nitrogens with one attached hydrogen (secondary N) is 2. The number of carbonyl (C=O) groups is 1. The normalized spacial score (nSPS) is 10.7. The molecule has 23 heavy (non-hydrogen) atoms. The predicted molar refractivity (Wildman–Crippen MR) is 85.4 cm³/mol. The highest BCUT2D eigenvalue weighted by Crippen LogP contribution is 2.13. The molecule has 0 unspecified atom stereocenters. The van der Waals surface area contributed by atoms with Gasteiger partial charge in [0.25, 0.3) is 5.91 Å². The van der Waals surface area contributed by atoms with Gasteiger partial charge in [0.15, 0.2) is 12.2 Å². The van der Waals surface area contributed by atoms with Crippen LogP contribution in [0.5, 0.6) is 5.75 Å². The molecular weight excluding hydrogens is 296 g/mol. The van der Waals surface area contributed by atoms with Crippen molar-refractivity contribution in [2.75, 3.05) is 6.61 Å². The van der Waals surface area contributed by atoms with Crippen LogP contribution in [0.4, 0.5) is 0 Å². The number of ether oxygens (including phenoxy) is 1. The van der Waals surface area contributed by atoms with E-state index in [1.807, 2.05) is 31.2 Å². The molecule has 0 saturated heterocycles. The molecular formula is C17H16N2O4. The third-order valence-corrected chi connectivity index (χ3v) is 3.33. The third kappa shape index (κ3) is 3.79. The molecule has 0 atom stereocenters. The van der Waals surface area contributed by atoms with Crippen molar-refractivity contribution in [3.8, 4) is 5.75 Å². The van der Waals surface area contributed by atoms with Gasteiger partial charge in [-0.15, -0.1) is 0 Å². The maximum Gasteiger partial charge on any atom is 0.417 e. The zero-order valence-corrected chi connectivity index (χ0v) is 12.6. The molecule has 3 aromatic rings. The van der Waals surface area contributed by atoms with Gasteiger partial charge in [0.05, 0.1) is 5.52 Å². The number of hydrogen-bond donors (Lipinski definition) is 2. The highest BCUT2D eigenvalue weighted by atomic mass is 16.5. The monoisotopic (exact) mass is 312 g/mol. The van der Waals surface area contributed by atoms with E-state index in [2.05, 4.69) is 10.3 Å². The SMILES string of the molecule is Cc1cccc(OCC(=O)NCc2ccc3oc(=O)[nH]c3c2)c1. The van der Waals surface area contributed by atoms with Crippen molar-refractivity contribution in [1.29, 1.82) is 0 Å². The van der Waals surface area contributed by atoms with E-state index in [0.717, 1.165) is 11.1 Å². The molecule has 0 spiro atoms. The Morgan fingerprint density at radius 1 is 1.26 bits per heavy atom. The number of aryl methyl sites for hydroxylation is 1. The average molecular weight is 312 g/mol. The third-order valence-electron chi connectivity index (χ3n) is 3.33. The second-order valence-corrected chi connectivity index (χ2v) is 5.23. The molecule has 1 amide bonds. The first kappa shape index (κ1) is 14.9. The molecule has 0 radical (unpaired) electrons. The average Bonchev–Trinajstić information content (AvgIpc) is 2.90. The van der Waals surface area contributed by atoms with Crippen LogP contribution < -0.4 is 15.8 Å². The maximum atomic E-state index is 11.8. The summed E-state index contributed by atoms with van der Waals surface area (Å²) in [5, 5.41) is 2.77. The number of carbonyl (C=O) groups excluding carboxylic acids is 1. The number of hydrogen-bond acceptors (Lipinski definition) is 4. The summed E-state index contributed by atoms with van der Waals surface area (Å²) in [5.41, 5.74) is 3.04. The summed E-state index contributed by atoms with van der Waals surface area (Å²) in [6, 6.07) is 12.8. The van der Waals surface area contributed by atoms with Crippen LogP contribution in [0.2, 0.25) is 0 Å². The fourth-order valence-electron chi connectivity index (χ4n) is 2.21. The van der Waals surface area contributed by atoms with Crippen LogP contribution in [-0.2, 0) is 11.3 Å². The number of aromatic nitrogens is 1. The van der Waals surface area contributed by atoms with Gasteiger partial charge in [0.1, 0.15) is 5.75 Å². The summed E-state index contributed by atoms with van der Waals surface area (Å²) in [5.74, 6) is -0.0439. The van der Waals surface area contributed by atoms with Gasteiger partial charge in [-0.2, -0.15) is 0 Å². The molecule has 0 aliphatic rings. The molecule has 1 heterocycles. The Labute approximate surface area is 132 Å². The molecule has 0 aliphatic carbocycles. The lowest BCUT2D eigenvalue weighted by atomic mass is 10.2. The Bertz CT molecular complexity index is 895. The first-order valence-electron chi connectivity index (χ1n) is 7.18. The van der Waals surface area contributed by atoms with Crippen LogP contribution in [0, 0.1) is 6.92 Å². The second-order valence-electron chi connectivity index (χ2n) is 5.23. The van der Waals surface area contributed by atoms with Crippen molar-refractivity contribution in [3.05, 3.63) is 64.1 Å². The lowest BCUT2D eigenvalue weighted by Crippen LogP contribution is -2.28. The molecule has 2 aromatic carbocycles. The van der Waals surface area contributed by atoms with E-state index < -0.39 is 5.76 Å². The smallest absolute Gasteiger partial charge is 0.417 e. The van der Waals surface area contributed by atoms with E-state index in [1.54, 1.807) is 18.2 Å². The van der Waals surface area contributed by atoms with E-state index in [1.165, 1.54) is 0 Å². The molecule has 6 nitrogen and oxygen atoms in total. The Morgan fingerprint density at radius 2 is 2.13 bits per heavy atom. The number of rotatable bonds is 5. The summed E-state index contributed by atoms with van der Waals surface area (Å²) in [4.78, 5) is 25.5. The maximum absolute atomic E-state index is 11.8. The Hall–Kier alpha value is -3.02. The molecule has 0 fully saturated rings. The van der Waals surface area contributed by atoms with Gasteiger partial charge in [-0.25, -0.2) is 4.79 Å². The predicted octanol–water partition coefficient (Wildman–Crippen LogP) is 2.12. The zero-order chi connectivity index (χ0) is 16.2. The number of fused-ring (bicyclic) bond motifs is 1. The van der Waals surface area contributed by atoms with Gasteiger partial charge >= 0.3 is 5.76 Å². The lowest BCUT2D eigenvalue weighted by molar-refractivity contribution is -0.123. The van der Waals surface area contributed by atoms with Crippen LogP contribution in [0.3, 0.4) is 0 Å². The minimum atomic E-state index is -0.493. The quantitative estimate of drug-likeness (QED) is 0.756. The second kappa shape index (κ2) is 6.39. The van der Waals surface area contributed by atoms with Crippen LogP contribution in [0.15, 0.2) is 51.7 Å². The van der Waals surface area contributed by atoms with E-state index in [-0.39, 0.29) is 12.5 Å². The molecule has 0 bridgehead atoms. The fraction of sp³-hybridized carbons (Fsp3) is 0.176. The van der Waals surface area contributed by atoms with Gasteiger partial charge in [0.2, 0.25) is 0 Å². The van der Waals surface area contributed by atoms with Crippen molar-refractivity contribution in [2.24, 2.45) is 0 Å². The van der Waals surface area contributed by atoms with Crippen molar-refractivity contribution in [2.45, 2.75) is 13.5 Å². The topological polar surface area (TPSA) is 84.3 Å². The van der Waals surface area contributed by atoms with Crippen molar-refractivity contribution in [3.63, 3.8) is 0 Å². The Kier molecular flexibility index (Phi) is 4.14. The van der Waals surface area contributed by atoms with Crippen molar-refractivity contribution in [1.82, 2.24) is 10.3 Å². The Balaban J connectivity index is 1.54. The standard InChI is InChI=1S/C17H16N2O4/c1-11-3-2-4-13(7-11)22-10-16(20)18-9-12-5-6-15-14(8-12)19-17(21)23-15/h2-8H,9-10H2,1H3,(H,18,20)(H,19,21). The molecule has 2 N–H and O–H groups in total. The molecule has 3 rings (SSSR count). The van der Waals surface area contributed by atoms with E-state index >= 15 is 0 Å². The van der Waals surface area contributed by atoms with Gasteiger partial charge in [-0.3, -0.25) is 9.78 Å². The van der Waals surface area contributed by atoms with E-state index in [9.17, 15) is 9.59 Å². The highest BCUT2D eigenvalue weighted by Gasteiger charge is 2.05. The fourth-order valence-corrected chi connectivity index (χ4v) is 2.21. The van der Waals surface area contributed by atoms with Gasteiger partial charge < -0.3 is 14.5 Å². The van der Waals surface area contributed by atoms with Gasteiger partial charge in [0, 0.05) is 6.54 Å².